The molecular formula is C51H32O2. The number of benzene rings is 9. The van der Waals surface area contributed by atoms with E-state index >= 15 is 0 Å². The second-order valence-corrected chi connectivity index (χ2v) is 15.1. The molecule has 0 fully saturated rings. The number of fused-ring (bicyclic) bond motifs is 15. The third kappa shape index (κ3) is 3.77. The molecule has 53 heavy (non-hydrogen) atoms. The number of hydrogen-bond donors (Lipinski definition) is 0. The molecule has 1 aliphatic carbocycles. The van der Waals surface area contributed by atoms with E-state index in [0.29, 0.717) is 0 Å². The van der Waals surface area contributed by atoms with Crippen LogP contribution in [0, 0.1) is 0 Å². The van der Waals surface area contributed by atoms with Crippen LogP contribution in [-0.4, -0.2) is 0 Å². The average Bonchev–Trinajstić information content (AvgIpc) is 3.84. The molecule has 0 spiro atoms. The quantitative estimate of drug-likeness (QED) is 0.170. The predicted molar refractivity (Wildman–Crippen MR) is 222 cm³/mol. The fourth-order valence-corrected chi connectivity index (χ4v) is 9.76. The highest BCUT2D eigenvalue weighted by Crippen LogP contribution is 2.57. The van der Waals surface area contributed by atoms with Crippen LogP contribution in [0.5, 0.6) is 0 Å². The molecule has 11 aromatic rings. The Bertz CT molecular complexity index is 3310. The van der Waals surface area contributed by atoms with Crippen molar-refractivity contribution in [2.75, 3.05) is 0 Å². The van der Waals surface area contributed by atoms with E-state index in [1.54, 1.807) is 0 Å². The van der Waals surface area contributed by atoms with E-state index in [2.05, 4.69) is 159 Å². The molecule has 0 bridgehead atoms. The summed E-state index contributed by atoms with van der Waals surface area (Å²) in [5.74, 6) is 0. The molecule has 0 radical (unpaired) electrons. The number of furan rings is 2. The minimum absolute atomic E-state index is 0.236. The van der Waals surface area contributed by atoms with Crippen molar-refractivity contribution in [3.8, 4) is 33.4 Å². The van der Waals surface area contributed by atoms with Gasteiger partial charge < -0.3 is 8.83 Å². The predicted octanol–water partition coefficient (Wildman–Crippen LogP) is 14.6. The van der Waals surface area contributed by atoms with Crippen molar-refractivity contribution in [3.63, 3.8) is 0 Å². The molecule has 2 heteroatoms. The molecule has 2 nitrogen and oxygen atoms in total. The van der Waals surface area contributed by atoms with E-state index in [4.69, 9.17) is 8.83 Å². The summed E-state index contributed by atoms with van der Waals surface area (Å²) in [4.78, 5) is 0. The van der Waals surface area contributed by atoms with Gasteiger partial charge in [-0.3, -0.25) is 0 Å². The van der Waals surface area contributed by atoms with Gasteiger partial charge in [-0.2, -0.15) is 0 Å². The van der Waals surface area contributed by atoms with E-state index in [0.717, 1.165) is 38.7 Å². The standard InChI is InChI=1S/C51H32O2/c1-51(2)41-27-29(24-26-39(41)47-48-40-20-10-12-22-43(40)53-50(48)38-19-8-7-18-37(38)49(47)51)45-33-14-3-5-16-35(33)46(36-17-6-4-15-34(36)45)30-23-25-32-31-13-9-11-21-42(31)52-44(32)28-30/h3-28H,1-2H3. The highest BCUT2D eigenvalue weighted by Gasteiger charge is 2.40. The lowest BCUT2D eigenvalue weighted by molar-refractivity contribution is 0.664. The summed E-state index contributed by atoms with van der Waals surface area (Å²) in [6, 6.07) is 57.3. The normalized spacial score (nSPS) is 13.6. The van der Waals surface area contributed by atoms with Crippen LogP contribution in [0.1, 0.15) is 25.0 Å². The Kier molecular flexibility index (Phi) is 5.60. The van der Waals surface area contributed by atoms with Gasteiger partial charge in [0.05, 0.1) is 0 Å². The van der Waals surface area contributed by atoms with Crippen LogP contribution in [0.3, 0.4) is 0 Å². The van der Waals surface area contributed by atoms with Crippen LogP contribution in [-0.2, 0) is 5.41 Å². The molecule has 0 aliphatic heterocycles. The van der Waals surface area contributed by atoms with E-state index in [9.17, 15) is 0 Å². The van der Waals surface area contributed by atoms with Crippen LogP contribution in [0.15, 0.2) is 167 Å². The molecular weight excluding hydrogens is 645 g/mol. The van der Waals surface area contributed by atoms with Crippen LogP contribution in [0.2, 0.25) is 0 Å². The minimum Gasteiger partial charge on any atom is -0.456 e. The van der Waals surface area contributed by atoms with Gasteiger partial charge in [-0.05, 0) is 102 Å². The SMILES string of the molecule is CC1(C)c2cc(-c3c4ccccc4c(-c4ccc5c(c4)oc4ccccc45)c4ccccc34)ccc2-c2c1c1ccccc1c1oc3ccccc3c21. The Morgan fingerprint density at radius 2 is 0.868 bits per heavy atom. The van der Waals surface area contributed by atoms with Gasteiger partial charge in [0.1, 0.15) is 22.3 Å². The Labute approximate surface area is 305 Å². The maximum atomic E-state index is 6.64. The smallest absolute Gasteiger partial charge is 0.143 e. The fourth-order valence-electron chi connectivity index (χ4n) is 9.76. The minimum atomic E-state index is -0.236. The lowest BCUT2D eigenvalue weighted by Gasteiger charge is -2.24. The van der Waals surface area contributed by atoms with Crippen molar-refractivity contribution in [1.29, 1.82) is 0 Å². The van der Waals surface area contributed by atoms with Crippen LogP contribution in [0.4, 0.5) is 0 Å². The summed E-state index contributed by atoms with van der Waals surface area (Å²) >= 11 is 0. The molecule has 0 unspecified atom stereocenters. The molecule has 2 heterocycles. The van der Waals surface area contributed by atoms with E-state index < -0.39 is 0 Å². The molecule has 0 amide bonds. The summed E-state index contributed by atoms with van der Waals surface area (Å²) in [5.41, 5.74) is 13.7. The van der Waals surface area contributed by atoms with E-state index in [-0.39, 0.29) is 5.41 Å². The van der Waals surface area contributed by atoms with Gasteiger partial charge >= 0.3 is 0 Å². The number of hydrogen-bond acceptors (Lipinski definition) is 2. The molecule has 2 aromatic heterocycles. The first-order valence-corrected chi connectivity index (χ1v) is 18.4. The second kappa shape index (κ2) is 10.2. The molecule has 248 valence electrons. The Balaban J connectivity index is 1.13. The Morgan fingerprint density at radius 1 is 0.377 bits per heavy atom. The first-order valence-electron chi connectivity index (χ1n) is 18.4. The third-order valence-electron chi connectivity index (χ3n) is 12.0. The van der Waals surface area contributed by atoms with Crippen molar-refractivity contribution in [2.45, 2.75) is 19.3 Å². The molecule has 0 atom stereocenters. The van der Waals surface area contributed by atoms with Gasteiger partial charge in [-0.1, -0.05) is 141 Å². The highest BCUT2D eigenvalue weighted by atomic mass is 16.3. The van der Waals surface area contributed by atoms with Gasteiger partial charge in [0.2, 0.25) is 0 Å². The molecule has 9 aromatic carbocycles. The van der Waals surface area contributed by atoms with Gasteiger partial charge in [0.25, 0.3) is 0 Å². The van der Waals surface area contributed by atoms with Crippen LogP contribution < -0.4 is 0 Å². The summed E-state index contributed by atoms with van der Waals surface area (Å²) < 4.78 is 13.0. The fraction of sp³-hybridized carbons (Fsp3) is 0.0588. The topological polar surface area (TPSA) is 26.3 Å². The number of rotatable bonds is 2. The molecule has 0 N–H and O–H groups in total. The van der Waals surface area contributed by atoms with Gasteiger partial charge in [0.15, 0.2) is 0 Å². The first kappa shape index (κ1) is 29.0. The van der Waals surface area contributed by atoms with Crippen molar-refractivity contribution < 1.29 is 8.83 Å². The maximum Gasteiger partial charge on any atom is 0.143 e. The summed E-state index contributed by atoms with van der Waals surface area (Å²) in [6.07, 6.45) is 0. The van der Waals surface area contributed by atoms with E-state index in [1.165, 1.54) is 82.0 Å². The zero-order chi connectivity index (χ0) is 35.0. The third-order valence-corrected chi connectivity index (χ3v) is 12.0. The second-order valence-electron chi connectivity index (χ2n) is 15.1. The first-order chi connectivity index (χ1) is 26.1. The summed E-state index contributed by atoms with van der Waals surface area (Å²) in [5, 5.41) is 12.1. The Morgan fingerprint density at radius 3 is 1.53 bits per heavy atom. The molecule has 0 saturated heterocycles. The monoisotopic (exact) mass is 676 g/mol. The molecule has 0 saturated carbocycles. The zero-order valence-corrected chi connectivity index (χ0v) is 29.3. The molecule has 1 aliphatic rings. The molecule has 12 rings (SSSR count). The van der Waals surface area contributed by atoms with Gasteiger partial charge in [-0.15, -0.1) is 0 Å². The summed E-state index contributed by atoms with van der Waals surface area (Å²) in [7, 11) is 0. The lowest BCUT2D eigenvalue weighted by Crippen LogP contribution is -2.15. The largest absolute Gasteiger partial charge is 0.456 e. The average molecular weight is 677 g/mol. The van der Waals surface area contributed by atoms with Crippen molar-refractivity contribution in [1.82, 2.24) is 0 Å². The summed E-state index contributed by atoms with van der Waals surface area (Å²) in [6.45, 7) is 4.80. The van der Waals surface area contributed by atoms with Crippen molar-refractivity contribution in [3.05, 3.63) is 169 Å². The van der Waals surface area contributed by atoms with E-state index in [1.807, 2.05) is 12.1 Å². The maximum absolute atomic E-state index is 6.64. The number of para-hydroxylation sites is 2. The zero-order valence-electron chi connectivity index (χ0n) is 29.3. The van der Waals surface area contributed by atoms with Crippen LogP contribution >= 0.6 is 0 Å². The lowest BCUT2D eigenvalue weighted by atomic mass is 9.78. The van der Waals surface area contributed by atoms with Crippen LogP contribution in [0.25, 0.3) is 110 Å². The van der Waals surface area contributed by atoms with Gasteiger partial charge in [-0.25, -0.2) is 0 Å². The highest BCUT2D eigenvalue weighted by molar-refractivity contribution is 6.25. The van der Waals surface area contributed by atoms with Crippen molar-refractivity contribution in [2.24, 2.45) is 0 Å². The Hall–Kier alpha value is -6.64. The van der Waals surface area contributed by atoms with Gasteiger partial charge in [0, 0.05) is 32.3 Å². The van der Waals surface area contributed by atoms with Crippen molar-refractivity contribution >= 4 is 76.2 Å².